The number of hydrogen-bond acceptors (Lipinski definition) is 6. The molecule has 1 aliphatic rings. The number of nitrogens with zero attached hydrogens (tertiary/aromatic N) is 3. The molecule has 0 radical (unpaired) electrons. The second-order valence-corrected chi connectivity index (χ2v) is 7.67. The molecule has 1 fully saturated rings. The van der Waals surface area contributed by atoms with E-state index in [0.717, 1.165) is 32.4 Å². The normalized spacial score (nSPS) is 15.4. The molecule has 164 valence electrons. The molecule has 0 N–H and O–H groups in total. The molecular weight excluding hydrogens is 404 g/mol. The molecule has 0 atom stereocenters. The largest absolute Gasteiger partial charge is 0.493 e. The van der Waals surface area contributed by atoms with E-state index in [9.17, 15) is 8.78 Å². The van der Waals surface area contributed by atoms with E-state index < -0.39 is 6.61 Å². The van der Waals surface area contributed by atoms with Crippen LogP contribution in [0, 0.1) is 5.92 Å². The fraction of sp³-hybridized carbons (Fsp3) is 0.391. The predicted molar refractivity (Wildman–Crippen MR) is 111 cm³/mol. The Balaban J connectivity index is 1.33. The zero-order valence-electron chi connectivity index (χ0n) is 17.3. The summed E-state index contributed by atoms with van der Waals surface area (Å²) in [5.74, 6) is 1.76. The molecular formula is C23H25F2N3O3. The molecule has 31 heavy (non-hydrogen) atoms. The van der Waals surface area contributed by atoms with Crippen molar-refractivity contribution in [2.24, 2.45) is 5.92 Å². The topological polar surface area (TPSA) is 60.6 Å². The van der Waals surface area contributed by atoms with Crippen LogP contribution in [0.1, 0.15) is 24.3 Å². The summed E-state index contributed by atoms with van der Waals surface area (Å²) in [6.07, 6.45) is 3.39. The van der Waals surface area contributed by atoms with Crippen LogP contribution in [0.15, 0.2) is 53.1 Å². The van der Waals surface area contributed by atoms with Gasteiger partial charge in [-0.15, -0.1) is 0 Å². The van der Waals surface area contributed by atoms with Crippen molar-refractivity contribution in [3.63, 3.8) is 0 Å². The lowest BCUT2D eigenvalue weighted by Gasteiger charge is -2.31. The first-order chi connectivity index (χ1) is 15.1. The molecule has 6 nitrogen and oxygen atoms in total. The minimum absolute atomic E-state index is 0.0386. The Hall–Kier alpha value is -3.00. The maximum absolute atomic E-state index is 12.5. The summed E-state index contributed by atoms with van der Waals surface area (Å²) in [6.45, 7) is -0.353. The zero-order valence-corrected chi connectivity index (χ0v) is 17.3. The molecule has 1 saturated heterocycles. The van der Waals surface area contributed by atoms with Gasteiger partial charge in [-0.1, -0.05) is 35.5 Å². The Bertz CT molecular complexity index is 973. The first-order valence-electron chi connectivity index (χ1n) is 10.3. The average Bonchev–Trinajstić information content (AvgIpc) is 3.24. The molecule has 3 aromatic rings. The third-order valence-corrected chi connectivity index (χ3v) is 5.54. The summed E-state index contributed by atoms with van der Waals surface area (Å²) in [7, 11) is 1.39. The van der Waals surface area contributed by atoms with Crippen molar-refractivity contribution in [1.82, 2.24) is 15.0 Å². The fourth-order valence-corrected chi connectivity index (χ4v) is 3.92. The van der Waals surface area contributed by atoms with Crippen molar-refractivity contribution in [2.45, 2.75) is 32.4 Å². The van der Waals surface area contributed by atoms with E-state index in [0.29, 0.717) is 29.7 Å². The van der Waals surface area contributed by atoms with Crippen LogP contribution in [0.4, 0.5) is 8.78 Å². The molecule has 0 aliphatic carbocycles. The lowest BCUT2D eigenvalue weighted by atomic mass is 9.90. The van der Waals surface area contributed by atoms with Gasteiger partial charge in [0.2, 0.25) is 11.7 Å². The van der Waals surface area contributed by atoms with Crippen LogP contribution < -0.4 is 9.47 Å². The van der Waals surface area contributed by atoms with Gasteiger partial charge in [0.1, 0.15) is 0 Å². The van der Waals surface area contributed by atoms with Gasteiger partial charge in [0, 0.05) is 5.56 Å². The van der Waals surface area contributed by atoms with E-state index in [1.165, 1.54) is 18.7 Å². The number of aromatic nitrogens is 2. The highest BCUT2D eigenvalue weighted by molar-refractivity contribution is 5.60. The standard InChI is InChI=1S/C23H25F2N3O3/c1-29-20-14-18(7-8-19(20)30-23(24)25)22-26-21(31-27-22)15-28-11-9-17(10-12-28)13-16-5-3-2-4-6-16/h2-8,14,17,23H,9-13,15H2,1H3. The van der Waals surface area contributed by atoms with Crippen molar-refractivity contribution >= 4 is 0 Å². The van der Waals surface area contributed by atoms with Gasteiger partial charge >= 0.3 is 6.61 Å². The number of rotatable bonds is 8. The maximum atomic E-state index is 12.5. The van der Waals surface area contributed by atoms with E-state index in [1.807, 2.05) is 6.07 Å². The van der Waals surface area contributed by atoms with Crippen molar-refractivity contribution in [1.29, 1.82) is 0 Å². The van der Waals surface area contributed by atoms with Crippen molar-refractivity contribution < 1.29 is 22.8 Å². The average molecular weight is 429 g/mol. The highest BCUT2D eigenvalue weighted by Crippen LogP contribution is 2.32. The predicted octanol–water partition coefficient (Wildman–Crippen LogP) is 4.80. The van der Waals surface area contributed by atoms with E-state index in [4.69, 9.17) is 9.26 Å². The zero-order chi connectivity index (χ0) is 21.6. The molecule has 2 heterocycles. The van der Waals surface area contributed by atoms with Gasteiger partial charge in [0.25, 0.3) is 0 Å². The number of hydrogen-bond donors (Lipinski definition) is 0. The molecule has 2 aromatic carbocycles. The minimum Gasteiger partial charge on any atom is -0.493 e. The number of halogens is 2. The van der Waals surface area contributed by atoms with Crippen LogP contribution >= 0.6 is 0 Å². The summed E-state index contributed by atoms with van der Waals surface area (Å²) in [4.78, 5) is 6.78. The van der Waals surface area contributed by atoms with Gasteiger partial charge < -0.3 is 14.0 Å². The highest BCUT2D eigenvalue weighted by atomic mass is 19.3. The van der Waals surface area contributed by atoms with Crippen LogP contribution in [0.25, 0.3) is 11.4 Å². The van der Waals surface area contributed by atoms with Gasteiger partial charge in [-0.2, -0.15) is 13.8 Å². The van der Waals surface area contributed by atoms with Crippen LogP contribution in [0.3, 0.4) is 0 Å². The lowest BCUT2D eigenvalue weighted by molar-refractivity contribution is -0.0512. The van der Waals surface area contributed by atoms with Crippen LogP contribution in [0.5, 0.6) is 11.5 Å². The number of alkyl halides is 2. The maximum Gasteiger partial charge on any atom is 0.387 e. The molecule has 4 rings (SSSR count). The third kappa shape index (κ3) is 5.58. The molecule has 1 aromatic heterocycles. The summed E-state index contributed by atoms with van der Waals surface area (Å²) in [6, 6.07) is 15.2. The molecule has 1 aliphatic heterocycles. The monoisotopic (exact) mass is 429 g/mol. The third-order valence-electron chi connectivity index (χ3n) is 5.54. The van der Waals surface area contributed by atoms with Crippen LogP contribution in [-0.4, -0.2) is 41.9 Å². The van der Waals surface area contributed by atoms with E-state index >= 15 is 0 Å². The summed E-state index contributed by atoms with van der Waals surface area (Å²) in [5, 5.41) is 4.03. The molecule has 0 spiro atoms. The molecule has 0 bridgehead atoms. The fourth-order valence-electron chi connectivity index (χ4n) is 3.92. The Kier molecular flexibility index (Phi) is 6.76. The van der Waals surface area contributed by atoms with E-state index in [2.05, 4.69) is 44.0 Å². The van der Waals surface area contributed by atoms with Crippen LogP contribution in [0.2, 0.25) is 0 Å². The van der Waals surface area contributed by atoms with Crippen molar-refractivity contribution in [3.05, 3.63) is 60.0 Å². The number of ether oxygens (including phenoxy) is 2. The molecule has 8 heteroatoms. The van der Waals surface area contributed by atoms with Crippen LogP contribution in [-0.2, 0) is 13.0 Å². The smallest absolute Gasteiger partial charge is 0.387 e. The van der Waals surface area contributed by atoms with E-state index in [-0.39, 0.29) is 11.5 Å². The highest BCUT2D eigenvalue weighted by Gasteiger charge is 2.22. The van der Waals surface area contributed by atoms with Gasteiger partial charge in [0.05, 0.1) is 13.7 Å². The van der Waals surface area contributed by atoms with Crippen molar-refractivity contribution in [3.8, 4) is 22.9 Å². The first-order valence-corrected chi connectivity index (χ1v) is 10.3. The van der Waals surface area contributed by atoms with Gasteiger partial charge in [-0.3, -0.25) is 4.90 Å². The summed E-state index contributed by atoms with van der Waals surface area (Å²) < 4.78 is 40.0. The summed E-state index contributed by atoms with van der Waals surface area (Å²) in [5.41, 5.74) is 2.00. The number of benzene rings is 2. The SMILES string of the molecule is COc1cc(-c2noc(CN3CCC(Cc4ccccc4)CC3)n2)ccc1OC(F)F. The van der Waals surface area contributed by atoms with Gasteiger partial charge in [-0.25, -0.2) is 0 Å². The number of methoxy groups -OCH3 is 1. The second-order valence-electron chi connectivity index (χ2n) is 7.67. The Morgan fingerprint density at radius 1 is 1.10 bits per heavy atom. The summed E-state index contributed by atoms with van der Waals surface area (Å²) >= 11 is 0. The van der Waals surface area contributed by atoms with Crippen molar-refractivity contribution in [2.75, 3.05) is 20.2 Å². The first kappa shape index (κ1) is 21.2. The van der Waals surface area contributed by atoms with Gasteiger partial charge in [-0.05, 0) is 62.0 Å². The Morgan fingerprint density at radius 3 is 2.58 bits per heavy atom. The second kappa shape index (κ2) is 9.87. The Labute approximate surface area is 179 Å². The van der Waals surface area contributed by atoms with Gasteiger partial charge in [0.15, 0.2) is 11.5 Å². The molecule has 0 unspecified atom stereocenters. The Morgan fingerprint density at radius 2 is 1.87 bits per heavy atom. The molecule has 0 amide bonds. The number of likely N-dealkylation sites (tertiary alicyclic amines) is 1. The quantitative estimate of drug-likeness (QED) is 0.513. The number of piperidine rings is 1. The van der Waals surface area contributed by atoms with E-state index in [1.54, 1.807) is 12.1 Å². The lowest BCUT2D eigenvalue weighted by Crippen LogP contribution is -2.33. The minimum atomic E-state index is -2.92. The molecule has 0 saturated carbocycles.